The van der Waals surface area contributed by atoms with Crippen LogP contribution in [0.5, 0.6) is 5.75 Å². The van der Waals surface area contributed by atoms with Crippen LogP contribution >= 0.6 is 0 Å². The molecule has 1 aliphatic carbocycles. The SMILES string of the molecule is Cc1cc(C2(N)CCCCC2)cc(C)c1OCc1ccccc1. The molecule has 0 heterocycles. The minimum absolute atomic E-state index is 0.147. The minimum atomic E-state index is -0.147. The van der Waals surface area contributed by atoms with E-state index in [1.165, 1.54) is 41.5 Å². The summed E-state index contributed by atoms with van der Waals surface area (Å²) >= 11 is 0. The number of aryl methyl sites for hydroxylation is 2. The molecule has 1 fully saturated rings. The fourth-order valence-corrected chi connectivity index (χ4v) is 3.67. The fraction of sp³-hybridized carbons (Fsp3) is 0.429. The molecule has 0 saturated heterocycles. The van der Waals surface area contributed by atoms with Crippen molar-refractivity contribution in [1.82, 2.24) is 0 Å². The van der Waals surface area contributed by atoms with E-state index in [2.05, 4.69) is 38.1 Å². The van der Waals surface area contributed by atoms with Gasteiger partial charge in [-0.1, -0.05) is 61.7 Å². The van der Waals surface area contributed by atoms with Crippen molar-refractivity contribution in [2.75, 3.05) is 0 Å². The van der Waals surface area contributed by atoms with Gasteiger partial charge in [-0.2, -0.15) is 0 Å². The summed E-state index contributed by atoms with van der Waals surface area (Å²) in [6.07, 6.45) is 5.98. The highest BCUT2D eigenvalue weighted by Gasteiger charge is 2.30. The van der Waals surface area contributed by atoms with Crippen molar-refractivity contribution < 1.29 is 4.74 Å². The highest BCUT2D eigenvalue weighted by atomic mass is 16.5. The lowest BCUT2D eigenvalue weighted by Gasteiger charge is -2.34. The summed E-state index contributed by atoms with van der Waals surface area (Å²) in [6, 6.07) is 14.8. The quantitative estimate of drug-likeness (QED) is 0.862. The summed E-state index contributed by atoms with van der Waals surface area (Å²) in [4.78, 5) is 0. The van der Waals surface area contributed by atoms with E-state index in [0.717, 1.165) is 18.6 Å². The number of benzene rings is 2. The lowest BCUT2D eigenvalue weighted by atomic mass is 9.76. The maximum Gasteiger partial charge on any atom is 0.125 e. The van der Waals surface area contributed by atoms with E-state index in [1.807, 2.05) is 18.2 Å². The predicted octanol–water partition coefficient (Wildman–Crippen LogP) is 5.00. The maximum atomic E-state index is 6.69. The molecule has 0 aliphatic heterocycles. The second-order valence-corrected chi connectivity index (χ2v) is 6.93. The van der Waals surface area contributed by atoms with Crippen LogP contribution in [0.25, 0.3) is 0 Å². The Morgan fingerprint density at radius 1 is 0.957 bits per heavy atom. The molecule has 0 spiro atoms. The standard InChI is InChI=1S/C21H27NO/c1-16-13-19(21(22)11-7-4-8-12-21)14-17(2)20(16)23-15-18-9-5-3-6-10-18/h3,5-6,9-10,13-14H,4,7-8,11-12,15,22H2,1-2H3. The number of ether oxygens (including phenoxy) is 1. The third-order valence-electron chi connectivity index (χ3n) is 5.01. The number of hydrogen-bond acceptors (Lipinski definition) is 2. The van der Waals surface area contributed by atoms with Crippen LogP contribution in [0.15, 0.2) is 42.5 Å². The van der Waals surface area contributed by atoms with Crippen LogP contribution in [0.4, 0.5) is 0 Å². The lowest BCUT2D eigenvalue weighted by molar-refractivity contribution is 0.294. The number of rotatable bonds is 4. The van der Waals surface area contributed by atoms with Gasteiger partial charge in [0.25, 0.3) is 0 Å². The van der Waals surface area contributed by atoms with Gasteiger partial charge in [0.05, 0.1) is 0 Å². The topological polar surface area (TPSA) is 35.2 Å². The lowest BCUT2D eigenvalue weighted by Crippen LogP contribution is -2.38. The zero-order valence-electron chi connectivity index (χ0n) is 14.3. The molecular formula is C21H27NO. The molecule has 2 heteroatoms. The van der Waals surface area contributed by atoms with Gasteiger partial charge >= 0.3 is 0 Å². The molecule has 0 aromatic heterocycles. The Morgan fingerprint density at radius 3 is 2.17 bits per heavy atom. The Balaban J connectivity index is 1.80. The molecule has 2 aromatic rings. The van der Waals surface area contributed by atoms with Crippen molar-refractivity contribution in [2.45, 2.75) is 58.1 Å². The first-order chi connectivity index (χ1) is 11.1. The van der Waals surface area contributed by atoms with Crippen molar-refractivity contribution >= 4 is 0 Å². The molecule has 1 aliphatic rings. The summed E-state index contributed by atoms with van der Waals surface area (Å²) < 4.78 is 6.09. The summed E-state index contributed by atoms with van der Waals surface area (Å²) in [5.41, 5.74) is 11.4. The fourth-order valence-electron chi connectivity index (χ4n) is 3.67. The summed E-state index contributed by atoms with van der Waals surface area (Å²) in [7, 11) is 0. The largest absolute Gasteiger partial charge is 0.488 e. The summed E-state index contributed by atoms with van der Waals surface area (Å²) in [6.45, 7) is 4.86. The second kappa shape index (κ2) is 6.76. The first-order valence-electron chi connectivity index (χ1n) is 8.66. The van der Waals surface area contributed by atoms with E-state index in [1.54, 1.807) is 0 Å². The molecule has 2 aromatic carbocycles. The smallest absolute Gasteiger partial charge is 0.125 e. The molecule has 1 saturated carbocycles. The van der Waals surface area contributed by atoms with Crippen LogP contribution in [-0.4, -0.2) is 0 Å². The number of nitrogens with two attached hydrogens (primary N) is 1. The van der Waals surface area contributed by atoms with Gasteiger partial charge < -0.3 is 10.5 Å². The Labute approximate surface area is 139 Å². The van der Waals surface area contributed by atoms with Crippen LogP contribution < -0.4 is 10.5 Å². The molecule has 0 radical (unpaired) electrons. The highest BCUT2D eigenvalue weighted by Crippen LogP contribution is 2.37. The zero-order valence-corrected chi connectivity index (χ0v) is 14.3. The second-order valence-electron chi connectivity index (χ2n) is 6.93. The molecule has 0 atom stereocenters. The van der Waals surface area contributed by atoms with Crippen LogP contribution in [0, 0.1) is 13.8 Å². The maximum absolute atomic E-state index is 6.69. The van der Waals surface area contributed by atoms with Crippen LogP contribution in [0.2, 0.25) is 0 Å². The zero-order chi connectivity index (χ0) is 16.3. The Bertz CT molecular complexity index is 634. The van der Waals surface area contributed by atoms with Gasteiger partial charge in [0.2, 0.25) is 0 Å². The van der Waals surface area contributed by atoms with Gasteiger partial charge in [-0.25, -0.2) is 0 Å². The average Bonchev–Trinajstić information content (AvgIpc) is 2.55. The van der Waals surface area contributed by atoms with Crippen LogP contribution in [0.3, 0.4) is 0 Å². The normalized spacial score (nSPS) is 17.0. The molecule has 0 bridgehead atoms. The molecule has 23 heavy (non-hydrogen) atoms. The first-order valence-corrected chi connectivity index (χ1v) is 8.66. The summed E-state index contributed by atoms with van der Waals surface area (Å²) in [5.74, 6) is 0.997. The van der Waals surface area contributed by atoms with Crippen molar-refractivity contribution in [3.63, 3.8) is 0 Å². The van der Waals surface area contributed by atoms with Crippen molar-refractivity contribution in [3.8, 4) is 5.75 Å². The van der Waals surface area contributed by atoms with E-state index in [9.17, 15) is 0 Å². The van der Waals surface area contributed by atoms with Gasteiger partial charge in [0.1, 0.15) is 12.4 Å². The molecule has 2 N–H and O–H groups in total. The third kappa shape index (κ3) is 3.59. The molecule has 3 rings (SSSR count). The van der Waals surface area contributed by atoms with Gasteiger partial charge in [-0.3, -0.25) is 0 Å². The van der Waals surface area contributed by atoms with E-state index < -0.39 is 0 Å². The monoisotopic (exact) mass is 309 g/mol. The highest BCUT2D eigenvalue weighted by molar-refractivity contribution is 5.45. The number of hydrogen-bond donors (Lipinski definition) is 1. The minimum Gasteiger partial charge on any atom is -0.488 e. The Kier molecular flexibility index (Phi) is 4.72. The molecule has 2 nitrogen and oxygen atoms in total. The van der Waals surface area contributed by atoms with Crippen molar-refractivity contribution in [1.29, 1.82) is 0 Å². The van der Waals surface area contributed by atoms with Gasteiger partial charge in [0.15, 0.2) is 0 Å². The van der Waals surface area contributed by atoms with Gasteiger partial charge in [-0.15, -0.1) is 0 Å². The third-order valence-corrected chi connectivity index (χ3v) is 5.01. The van der Waals surface area contributed by atoms with E-state index in [4.69, 9.17) is 10.5 Å². The molecule has 0 amide bonds. The average molecular weight is 309 g/mol. The van der Waals surface area contributed by atoms with E-state index in [-0.39, 0.29) is 5.54 Å². The van der Waals surface area contributed by atoms with Gasteiger partial charge in [-0.05, 0) is 48.9 Å². The predicted molar refractivity (Wildman–Crippen MR) is 95.6 cm³/mol. The van der Waals surface area contributed by atoms with Gasteiger partial charge in [0, 0.05) is 5.54 Å². The Morgan fingerprint density at radius 2 is 1.57 bits per heavy atom. The van der Waals surface area contributed by atoms with E-state index >= 15 is 0 Å². The van der Waals surface area contributed by atoms with Crippen molar-refractivity contribution in [3.05, 3.63) is 64.7 Å². The molecule has 0 unspecified atom stereocenters. The first kappa shape index (κ1) is 16.1. The van der Waals surface area contributed by atoms with E-state index in [0.29, 0.717) is 6.61 Å². The van der Waals surface area contributed by atoms with Crippen LogP contribution in [0.1, 0.15) is 54.4 Å². The molecule has 122 valence electrons. The summed E-state index contributed by atoms with van der Waals surface area (Å²) in [5, 5.41) is 0. The van der Waals surface area contributed by atoms with Crippen LogP contribution in [-0.2, 0) is 12.1 Å². The Hall–Kier alpha value is -1.80. The molecular weight excluding hydrogens is 282 g/mol. The van der Waals surface area contributed by atoms with Crippen molar-refractivity contribution in [2.24, 2.45) is 5.73 Å².